The Hall–Kier alpha value is -2.90. The minimum absolute atomic E-state index is 0.0212. The fourth-order valence-corrected chi connectivity index (χ4v) is 5.11. The molecule has 0 aliphatic rings. The van der Waals surface area contributed by atoms with Gasteiger partial charge >= 0.3 is 0 Å². The lowest BCUT2D eigenvalue weighted by Crippen LogP contribution is -2.51. The van der Waals surface area contributed by atoms with Gasteiger partial charge < -0.3 is 10.2 Å². The lowest BCUT2D eigenvalue weighted by atomic mass is 10.0. The van der Waals surface area contributed by atoms with Gasteiger partial charge in [-0.15, -0.1) is 11.8 Å². The summed E-state index contributed by atoms with van der Waals surface area (Å²) in [6.07, 6.45) is 2.00. The van der Waals surface area contributed by atoms with Crippen LogP contribution in [0.25, 0.3) is 0 Å². The van der Waals surface area contributed by atoms with Crippen LogP contribution < -0.4 is 5.32 Å². The quantitative estimate of drug-likeness (QED) is 0.253. The number of nitrogens with zero attached hydrogens (tertiary/aromatic N) is 1. The molecule has 0 aromatic heterocycles. The van der Waals surface area contributed by atoms with Crippen molar-refractivity contribution in [3.05, 3.63) is 106 Å². The van der Waals surface area contributed by atoms with Crippen LogP contribution in [0.1, 0.15) is 36.5 Å². The number of carbonyl (C=O) groups is 2. The summed E-state index contributed by atoms with van der Waals surface area (Å²) in [4.78, 5) is 28.3. The molecule has 0 bridgehead atoms. The Morgan fingerprint density at radius 1 is 0.973 bits per heavy atom. The van der Waals surface area contributed by atoms with Crippen LogP contribution in [-0.2, 0) is 28.3 Å². The van der Waals surface area contributed by atoms with E-state index in [9.17, 15) is 18.4 Å². The smallest absolute Gasteiger partial charge is 0.243 e. The second kappa shape index (κ2) is 14.7. The Morgan fingerprint density at radius 2 is 1.68 bits per heavy atom. The minimum atomic E-state index is -0.844. The molecule has 0 saturated heterocycles. The average molecular weight is 545 g/mol. The highest BCUT2D eigenvalue weighted by molar-refractivity contribution is 7.99. The standard InChI is InChI=1S/C29H31ClF2N2O2S/c1-2-3-16-33-29(36)27(17-21-10-5-4-6-11-21)34(18-22-12-7-8-14-25(22)31)28(35)20-37-19-23-24(30)13-9-15-26(23)32/h4-15,27H,2-3,16-20H2,1H3,(H,33,36)/t27-/m0/s1. The fraction of sp³-hybridized carbons (Fsp3) is 0.310. The highest BCUT2D eigenvalue weighted by atomic mass is 35.5. The Morgan fingerprint density at radius 3 is 2.38 bits per heavy atom. The summed E-state index contributed by atoms with van der Waals surface area (Å²) in [5, 5.41) is 3.23. The molecule has 4 nitrogen and oxygen atoms in total. The maximum Gasteiger partial charge on any atom is 0.243 e. The zero-order valence-electron chi connectivity index (χ0n) is 20.8. The normalized spacial score (nSPS) is 11.7. The van der Waals surface area contributed by atoms with Crippen LogP contribution in [0.15, 0.2) is 72.8 Å². The predicted octanol–water partition coefficient (Wildman–Crippen LogP) is 6.41. The highest BCUT2D eigenvalue weighted by Crippen LogP contribution is 2.25. The Bertz CT molecular complexity index is 1160. The number of hydrogen-bond acceptors (Lipinski definition) is 3. The van der Waals surface area contributed by atoms with Crippen LogP contribution in [0.4, 0.5) is 8.78 Å². The number of rotatable bonds is 13. The number of benzene rings is 3. The highest BCUT2D eigenvalue weighted by Gasteiger charge is 2.30. The number of halogens is 3. The largest absolute Gasteiger partial charge is 0.354 e. The van der Waals surface area contributed by atoms with E-state index in [1.54, 1.807) is 24.3 Å². The Labute approximate surface area is 226 Å². The Balaban J connectivity index is 1.86. The monoisotopic (exact) mass is 544 g/mol. The predicted molar refractivity (Wildman–Crippen MR) is 146 cm³/mol. The van der Waals surface area contributed by atoms with Crippen molar-refractivity contribution in [3.63, 3.8) is 0 Å². The minimum Gasteiger partial charge on any atom is -0.354 e. The number of unbranched alkanes of at least 4 members (excludes halogenated alkanes) is 1. The molecule has 0 saturated carbocycles. The van der Waals surface area contributed by atoms with Crippen LogP contribution in [0, 0.1) is 11.6 Å². The van der Waals surface area contributed by atoms with E-state index in [1.807, 2.05) is 37.3 Å². The van der Waals surface area contributed by atoms with Crippen LogP contribution >= 0.6 is 23.4 Å². The van der Waals surface area contributed by atoms with Gasteiger partial charge in [0.25, 0.3) is 0 Å². The van der Waals surface area contributed by atoms with Crippen LogP contribution in [0.5, 0.6) is 0 Å². The van der Waals surface area contributed by atoms with E-state index in [1.165, 1.54) is 34.9 Å². The molecule has 0 spiro atoms. The van der Waals surface area contributed by atoms with Gasteiger partial charge in [0.15, 0.2) is 0 Å². The van der Waals surface area contributed by atoms with Crippen molar-refractivity contribution < 1.29 is 18.4 Å². The molecule has 0 heterocycles. The summed E-state index contributed by atoms with van der Waals surface area (Å²) in [7, 11) is 0. The molecule has 0 aliphatic heterocycles. The molecule has 0 unspecified atom stereocenters. The summed E-state index contributed by atoms with van der Waals surface area (Å²) < 4.78 is 28.8. The van der Waals surface area contributed by atoms with E-state index in [2.05, 4.69) is 5.32 Å². The maximum atomic E-state index is 14.6. The zero-order chi connectivity index (χ0) is 26.6. The summed E-state index contributed by atoms with van der Waals surface area (Å²) in [6, 6.07) is 19.2. The first-order chi connectivity index (χ1) is 17.9. The summed E-state index contributed by atoms with van der Waals surface area (Å²) in [5.74, 6) is -1.34. The van der Waals surface area contributed by atoms with Gasteiger partial charge in [0.1, 0.15) is 17.7 Å². The molecular weight excluding hydrogens is 514 g/mol. The van der Waals surface area contributed by atoms with Gasteiger partial charge in [-0.2, -0.15) is 0 Å². The molecule has 0 fully saturated rings. The number of carbonyl (C=O) groups excluding carboxylic acids is 2. The SMILES string of the molecule is CCCCNC(=O)[C@H](Cc1ccccc1)N(Cc1ccccc1F)C(=O)CSCc1c(F)cccc1Cl. The molecule has 8 heteroatoms. The fourth-order valence-electron chi connectivity index (χ4n) is 3.86. The van der Waals surface area contributed by atoms with E-state index in [-0.39, 0.29) is 36.3 Å². The van der Waals surface area contributed by atoms with Gasteiger partial charge in [0.2, 0.25) is 11.8 Å². The van der Waals surface area contributed by atoms with Crippen molar-refractivity contribution in [2.75, 3.05) is 12.3 Å². The van der Waals surface area contributed by atoms with Gasteiger partial charge in [-0.3, -0.25) is 9.59 Å². The van der Waals surface area contributed by atoms with Crippen molar-refractivity contribution in [1.82, 2.24) is 10.2 Å². The molecule has 1 N–H and O–H groups in total. The van der Waals surface area contributed by atoms with Crippen molar-refractivity contribution >= 4 is 35.2 Å². The Kier molecular flexibility index (Phi) is 11.4. The number of thioether (sulfide) groups is 1. The maximum absolute atomic E-state index is 14.6. The van der Waals surface area contributed by atoms with Crippen LogP contribution in [0.3, 0.4) is 0 Å². The molecule has 0 aliphatic carbocycles. The van der Waals surface area contributed by atoms with Crippen molar-refractivity contribution in [2.45, 2.75) is 44.5 Å². The number of hydrogen-bond donors (Lipinski definition) is 1. The third-order valence-corrected chi connectivity index (χ3v) is 7.23. The molecule has 37 heavy (non-hydrogen) atoms. The lowest BCUT2D eigenvalue weighted by Gasteiger charge is -2.31. The van der Waals surface area contributed by atoms with Gasteiger partial charge in [-0.05, 0) is 30.2 Å². The second-order valence-electron chi connectivity index (χ2n) is 8.66. The summed E-state index contributed by atoms with van der Waals surface area (Å²) in [6.45, 7) is 2.45. The average Bonchev–Trinajstić information content (AvgIpc) is 2.89. The summed E-state index contributed by atoms with van der Waals surface area (Å²) >= 11 is 7.33. The number of amides is 2. The van der Waals surface area contributed by atoms with E-state index >= 15 is 0 Å². The van der Waals surface area contributed by atoms with E-state index in [4.69, 9.17) is 11.6 Å². The first-order valence-corrected chi connectivity index (χ1v) is 13.8. The van der Waals surface area contributed by atoms with Crippen LogP contribution in [-0.4, -0.2) is 35.1 Å². The second-order valence-corrected chi connectivity index (χ2v) is 10.0. The first kappa shape index (κ1) is 28.7. The van der Waals surface area contributed by atoms with Gasteiger partial charge in [-0.25, -0.2) is 8.78 Å². The molecule has 3 aromatic rings. The van der Waals surface area contributed by atoms with Gasteiger partial charge in [-0.1, -0.05) is 79.5 Å². The third-order valence-electron chi connectivity index (χ3n) is 5.93. The molecule has 196 valence electrons. The van der Waals surface area contributed by atoms with Crippen LogP contribution in [0.2, 0.25) is 5.02 Å². The molecule has 3 aromatic carbocycles. The van der Waals surface area contributed by atoms with E-state index in [0.717, 1.165) is 18.4 Å². The van der Waals surface area contributed by atoms with E-state index < -0.39 is 17.7 Å². The topological polar surface area (TPSA) is 49.4 Å². The van der Waals surface area contributed by atoms with Gasteiger partial charge in [0, 0.05) is 41.4 Å². The molecular formula is C29H31ClF2N2O2S. The summed E-state index contributed by atoms with van der Waals surface area (Å²) in [5.41, 5.74) is 1.52. The molecule has 3 rings (SSSR count). The zero-order valence-corrected chi connectivity index (χ0v) is 22.3. The lowest BCUT2D eigenvalue weighted by molar-refractivity contribution is -0.139. The number of nitrogens with one attached hydrogen (secondary N) is 1. The molecule has 1 atom stereocenters. The third kappa shape index (κ3) is 8.58. The van der Waals surface area contributed by atoms with Crippen molar-refractivity contribution in [1.29, 1.82) is 0 Å². The molecule has 2 amide bonds. The van der Waals surface area contributed by atoms with E-state index in [0.29, 0.717) is 22.7 Å². The van der Waals surface area contributed by atoms with Crippen molar-refractivity contribution in [2.24, 2.45) is 0 Å². The first-order valence-electron chi connectivity index (χ1n) is 12.3. The van der Waals surface area contributed by atoms with Gasteiger partial charge in [0.05, 0.1) is 5.75 Å². The van der Waals surface area contributed by atoms with Crippen molar-refractivity contribution in [3.8, 4) is 0 Å². The molecule has 0 radical (unpaired) electrons.